The molecule has 0 saturated heterocycles. The van der Waals surface area contributed by atoms with Crippen LogP contribution in [0.2, 0.25) is 5.02 Å². The first-order valence-electron chi connectivity index (χ1n) is 9.95. The number of nitrogens with zero attached hydrogens (tertiary/aromatic N) is 1. The lowest BCUT2D eigenvalue weighted by molar-refractivity contribution is -0.567. The minimum atomic E-state index is -1.43. The smallest absolute Gasteiger partial charge is 0.218 e. The summed E-state index contributed by atoms with van der Waals surface area (Å²) in [5.74, 6) is -0.750. The minimum Gasteiger partial charge on any atom is -0.303 e. The number of rotatable bonds is 4. The largest absolute Gasteiger partial charge is 0.303 e. The molecule has 1 fully saturated rings. The number of hydrogen-bond acceptors (Lipinski definition) is 1. The number of fused-ring (bicyclic) bond motifs is 1. The van der Waals surface area contributed by atoms with Crippen LogP contribution in [0.4, 0.5) is 8.78 Å². The van der Waals surface area contributed by atoms with E-state index in [4.69, 9.17) is 11.6 Å². The van der Waals surface area contributed by atoms with Gasteiger partial charge in [0.1, 0.15) is 17.8 Å². The van der Waals surface area contributed by atoms with Crippen LogP contribution < -0.4 is 4.57 Å². The van der Waals surface area contributed by atoms with Gasteiger partial charge in [-0.05, 0) is 61.4 Å². The standard InChI is InChI=1S/C24H23ClF2NO/c1-16(15-29)24(27)11-8-17(9-12-24)21-10-13-28(20-5-2-18(25)3-6-20)23-7-4-19(26)14-22(21)23/h2-7,10,13-17H,8-9,11-12H2,1H3/q+1. The fourth-order valence-corrected chi connectivity index (χ4v) is 4.57. The van der Waals surface area contributed by atoms with Gasteiger partial charge in [0, 0.05) is 35.2 Å². The molecule has 1 aliphatic rings. The Morgan fingerprint density at radius 2 is 1.83 bits per heavy atom. The number of halogens is 3. The lowest BCUT2D eigenvalue weighted by Gasteiger charge is -2.36. The SMILES string of the molecule is CC(C=O)C1(F)CCC(c2cc[n+](-c3ccc(Cl)cc3)c3ccc(F)cc23)CC1. The van der Waals surface area contributed by atoms with E-state index in [2.05, 4.69) is 0 Å². The molecular weight excluding hydrogens is 392 g/mol. The van der Waals surface area contributed by atoms with Gasteiger partial charge in [0.05, 0.1) is 5.39 Å². The molecular formula is C24H23ClF2NO+. The summed E-state index contributed by atoms with van der Waals surface area (Å²) in [4.78, 5) is 11.1. The van der Waals surface area contributed by atoms with Gasteiger partial charge in [-0.1, -0.05) is 18.5 Å². The summed E-state index contributed by atoms with van der Waals surface area (Å²) in [6, 6.07) is 14.3. The number of hydrogen-bond donors (Lipinski definition) is 0. The first kappa shape index (κ1) is 20.0. The summed E-state index contributed by atoms with van der Waals surface area (Å²) >= 11 is 6.01. The number of aromatic nitrogens is 1. The third kappa shape index (κ3) is 3.78. The molecule has 29 heavy (non-hydrogen) atoms. The van der Waals surface area contributed by atoms with Gasteiger partial charge in [0.2, 0.25) is 11.2 Å². The number of carbonyl (C=O) groups excluding carboxylic acids is 1. The Morgan fingerprint density at radius 3 is 2.48 bits per heavy atom. The van der Waals surface area contributed by atoms with Crippen molar-refractivity contribution in [2.75, 3.05) is 0 Å². The van der Waals surface area contributed by atoms with Crippen molar-refractivity contribution < 1.29 is 18.1 Å². The lowest BCUT2D eigenvalue weighted by Crippen LogP contribution is -2.37. The molecule has 5 heteroatoms. The molecule has 3 aromatic rings. The highest BCUT2D eigenvalue weighted by Gasteiger charge is 2.40. The van der Waals surface area contributed by atoms with Crippen LogP contribution in [0.3, 0.4) is 0 Å². The Kier molecular flexibility index (Phi) is 5.39. The average Bonchev–Trinajstić information content (AvgIpc) is 2.73. The molecule has 0 radical (unpaired) electrons. The van der Waals surface area contributed by atoms with E-state index in [0.29, 0.717) is 37.0 Å². The van der Waals surface area contributed by atoms with Gasteiger partial charge in [-0.2, -0.15) is 4.57 Å². The number of pyridine rings is 1. The molecule has 0 bridgehead atoms. The Balaban J connectivity index is 1.73. The monoisotopic (exact) mass is 414 g/mol. The molecule has 1 unspecified atom stereocenters. The van der Waals surface area contributed by atoms with Gasteiger partial charge < -0.3 is 4.79 Å². The maximum Gasteiger partial charge on any atom is 0.218 e. The molecule has 0 spiro atoms. The molecule has 1 heterocycles. The van der Waals surface area contributed by atoms with Crippen LogP contribution in [-0.4, -0.2) is 12.0 Å². The van der Waals surface area contributed by atoms with Crippen molar-refractivity contribution in [3.05, 3.63) is 71.1 Å². The zero-order valence-corrected chi connectivity index (χ0v) is 17.0. The summed E-state index contributed by atoms with van der Waals surface area (Å²) in [7, 11) is 0. The maximum atomic E-state index is 15.0. The van der Waals surface area contributed by atoms with Crippen LogP contribution in [0.1, 0.15) is 44.1 Å². The van der Waals surface area contributed by atoms with Gasteiger partial charge >= 0.3 is 0 Å². The Labute approximate surface area is 174 Å². The molecule has 1 aromatic heterocycles. The quantitative estimate of drug-likeness (QED) is 0.372. The van der Waals surface area contributed by atoms with Crippen LogP contribution in [0, 0.1) is 11.7 Å². The van der Waals surface area contributed by atoms with Crippen molar-refractivity contribution in [2.24, 2.45) is 5.92 Å². The Hall–Kier alpha value is -2.33. The van der Waals surface area contributed by atoms with Crippen molar-refractivity contribution in [3.63, 3.8) is 0 Å². The van der Waals surface area contributed by atoms with Gasteiger partial charge in [0.15, 0.2) is 6.20 Å². The summed E-state index contributed by atoms with van der Waals surface area (Å²) in [6.45, 7) is 1.65. The Bertz CT molecular complexity index is 1040. The molecule has 0 aliphatic heterocycles. The van der Waals surface area contributed by atoms with Crippen molar-refractivity contribution >= 4 is 28.8 Å². The second kappa shape index (κ2) is 7.83. The first-order chi connectivity index (χ1) is 13.9. The van der Waals surface area contributed by atoms with Crippen LogP contribution >= 0.6 is 11.6 Å². The molecule has 1 atom stereocenters. The highest BCUT2D eigenvalue weighted by Crippen LogP contribution is 2.44. The molecule has 0 amide bonds. The fourth-order valence-electron chi connectivity index (χ4n) is 4.44. The third-order valence-corrected chi connectivity index (χ3v) is 6.57. The first-order valence-corrected chi connectivity index (χ1v) is 10.3. The maximum absolute atomic E-state index is 15.0. The fraction of sp³-hybridized carbons (Fsp3) is 0.333. The van der Waals surface area contributed by atoms with Crippen LogP contribution in [-0.2, 0) is 4.79 Å². The van der Waals surface area contributed by atoms with E-state index >= 15 is 4.39 Å². The molecule has 0 N–H and O–H groups in total. The van der Waals surface area contributed by atoms with E-state index in [1.165, 1.54) is 6.07 Å². The highest BCUT2D eigenvalue weighted by atomic mass is 35.5. The van der Waals surface area contributed by atoms with E-state index < -0.39 is 11.6 Å². The number of carbonyl (C=O) groups is 1. The van der Waals surface area contributed by atoms with Crippen molar-refractivity contribution in [1.82, 2.24) is 0 Å². The normalized spacial score (nSPS) is 23.1. The van der Waals surface area contributed by atoms with Gasteiger partial charge in [-0.15, -0.1) is 0 Å². The van der Waals surface area contributed by atoms with E-state index in [0.717, 1.165) is 22.2 Å². The second-order valence-electron chi connectivity index (χ2n) is 8.01. The van der Waals surface area contributed by atoms with Gasteiger partial charge in [0.25, 0.3) is 0 Å². The second-order valence-corrected chi connectivity index (χ2v) is 8.45. The van der Waals surface area contributed by atoms with E-state index in [9.17, 15) is 9.18 Å². The third-order valence-electron chi connectivity index (χ3n) is 6.31. The predicted molar refractivity (Wildman–Crippen MR) is 111 cm³/mol. The molecule has 4 rings (SSSR count). The van der Waals surface area contributed by atoms with Crippen molar-refractivity contribution in [1.29, 1.82) is 0 Å². The average molecular weight is 415 g/mol. The summed E-state index contributed by atoms with van der Waals surface area (Å²) < 4.78 is 31.2. The van der Waals surface area contributed by atoms with Crippen LogP contribution in [0.15, 0.2) is 54.7 Å². The Morgan fingerprint density at radius 1 is 1.14 bits per heavy atom. The lowest BCUT2D eigenvalue weighted by atomic mass is 9.72. The molecule has 1 aliphatic carbocycles. The number of alkyl halides is 1. The molecule has 2 aromatic carbocycles. The van der Waals surface area contributed by atoms with Gasteiger partial charge in [-0.25, -0.2) is 8.78 Å². The number of benzene rings is 2. The topological polar surface area (TPSA) is 20.9 Å². The predicted octanol–water partition coefficient (Wildman–Crippen LogP) is 6.11. The minimum absolute atomic E-state index is 0.141. The zero-order valence-electron chi connectivity index (χ0n) is 16.2. The van der Waals surface area contributed by atoms with Crippen LogP contribution in [0.25, 0.3) is 16.6 Å². The number of aldehydes is 1. The summed E-state index contributed by atoms with van der Waals surface area (Å²) in [6.07, 6.45) is 4.67. The zero-order chi connectivity index (χ0) is 20.6. The molecule has 150 valence electrons. The van der Waals surface area contributed by atoms with Crippen LogP contribution in [0.5, 0.6) is 0 Å². The van der Waals surface area contributed by atoms with E-state index in [-0.39, 0.29) is 11.7 Å². The highest BCUT2D eigenvalue weighted by molar-refractivity contribution is 6.30. The molecule has 1 saturated carbocycles. The summed E-state index contributed by atoms with van der Waals surface area (Å²) in [5, 5.41) is 1.49. The van der Waals surface area contributed by atoms with Gasteiger partial charge in [-0.3, -0.25) is 0 Å². The molecule has 2 nitrogen and oxygen atoms in total. The van der Waals surface area contributed by atoms with Crippen molar-refractivity contribution in [2.45, 2.75) is 44.2 Å². The van der Waals surface area contributed by atoms with E-state index in [1.54, 1.807) is 19.1 Å². The van der Waals surface area contributed by atoms with Crippen molar-refractivity contribution in [3.8, 4) is 5.69 Å². The summed E-state index contributed by atoms with van der Waals surface area (Å²) in [5.41, 5.74) is 1.43. The van der Waals surface area contributed by atoms with E-state index in [1.807, 2.05) is 41.1 Å².